The fourth-order valence-corrected chi connectivity index (χ4v) is 1.87. The number of alkyl halides is 4. The first kappa shape index (κ1) is 17.3. The minimum Gasteiger partial charge on any atom is -0.346 e. The normalized spacial score (nSPS) is 14.0. The number of hydrogen-bond acceptors (Lipinski definition) is 1. The first-order valence-electron chi connectivity index (χ1n) is 5.78. The fraction of sp³-hybridized carbons (Fsp3) is 0.462. The quantitative estimate of drug-likeness (QED) is 0.772. The molecule has 0 aliphatic heterocycles. The van der Waals surface area contributed by atoms with Crippen LogP contribution in [0.15, 0.2) is 22.7 Å². The Morgan fingerprint density at radius 2 is 1.90 bits per heavy atom. The summed E-state index contributed by atoms with van der Waals surface area (Å²) in [5, 5.41) is 2.25. The lowest BCUT2D eigenvalue weighted by atomic mass is 10.0. The predicted octanol–water partition coefficient (Wildman–Crippen LogP) is 4.60. The van der Waals surface area contributed by atoms with Crippen molar-refractivity contribution in [2.75, 3.05) is 0 Å². The molecule has 0 saturated carbocycles. The first-order valence-corrected chi connectivity index (χ1v) is 7.01. The highest BCUT2D eigenvalue weighted by Gasteiger charge is 2.34. The van der Waals surface area contributed by atoms with E-state index in [9.17, 15) is 18.0 Å². The van der Waals surface area contributed by atoms with E-state index in [1.807, 2.05) is 0 Å². The van der Waals surface area contributed by atoms with Gasteiger partial charge in [0.1, 0.15) is 0 Å². The molecule has 2 nitrogen and oxygen atoms in total. The lowest BCUT2D eigenvalue weighted by molar-refractivity contribution is -0.138. The molecule has 1 unspecified atom stereocenters. The second-order valence-electron chi connectivity index (χ2n) is 4.98. The molecule has 0 saturated heterocycles. The van der Waals surface area contributed by atoms with E-state index >= 15 is 0 Å². The third-order valence-corrected chi connectivity index (χ3v) is 4.20. The Labute approximate surface area is 128 Å². The average Bonchev–Trinajstić information content (AvgIpc) is 2.26. The van der Waals surface area contributed by atoms with Crippen molar-refractivity contribution in [2.45, 2.75) is 37.9 Å². The van der Waals surface area contributed by atoms with Gasteiger partial charge in [-0.15, -0.1) is 11.6 Å². The number of halogens is 5. The van der Waals surface area contributed by atoms with Gasteiger partial charge in [-0.3, -0.25) is 4.79 Å². The van der Waals surface area contributed by atoms with Gasteiger partial charge in [0.25, 0.3) is 5.91 Å². The fourth-order valence-electron chi connectivity index (χ4n) is 1.35. The van der Waals surface area contributed by atoms with E-state index in [1.165, 1.54) is 12.1 Å². The lowest BCUT2D eigenvalue weighted by Crippen LogP contribution is -2.49. The van der Waals surface area contributed by atoms with Crippen molar-refractivity contribution in [1.82, 2.24) is 5.32 Å². The molecule has 0 fully saturated rings. The lowest BCUT2D eigenvalue weighted by Gasteiger charge is -2.29. The molecule has 1 rings (SSSR count). The maximum atomic E-state index is 12.8. The molecular weight excluding hydrogens is 358 g/mol. The Balaban J connectivity index is 3.07. The molecule has 7 heteroatoms. The summed E-state index contributed by atoms with van der Waals surface area (Å²) >= 11 is 8.75. The molecule has 0 aliphatic rings. The van der Waals surface area contributed by atoms with Gasteiger partial charge in [0, 0.05) is 10.0 Å². The van der Waals surface area contributed by atoms with E-state index < -0.39 is 23.2 Å². The molecule has 0 aromatic heterocycles. The minimum atomic E-state index is -4.52. The second-order valence-corrected chi connectivity index (χ2v) is 6.49. The average molecular weight is 373 g/mol. The zero-order valence-electron chi connectivity index (χ0n) is 11.1. The topological polar surface area (TPSA) is 29.1 Å². The van der Waals surface area contributed by atoms with Gasteiger partial charge in [0.2, 0.25) is 0 Å². The molecule has 0 bridgehead atoms. The molecule has 0 heterocycles. The van der Waals surface area contributed by atoms with E-state index in [1.54, 1.807) is 20.8 Å². The number of nitrogens with one attached hydrogen (secondary N) is 1. The van der Waals surface area contributed by atoms with Crippen molar-refractivity contribution >= 4 is 33.4 Å². The van der Waals surface area contributed by atoms with E-state index in [0.717, 1.165) is 6.07 Å². The zero-order chi connectivity index (χ0) is 15.7. The molecule has 1 N–H and O–H groups in total. The van der Waals surface area contributed by atoms with Crippen molar-refractivity contribution < 1.29 is 18.0 Å². The minimum absolute atomic E-state index is 0.0640. The third-order valence-electron chi connectivity index (χ3n) is 2.96. The van der Waals surface area contributed by atoms with E-state index in [0.29, 0.717) is 0 Å². The van der Waals surface area contributed by atoms with Crippen LogP contribution < -0.4 is 5.32 Å². The smallest absolute Gasteiger partial charge is 0.346 e. The van der Waals surface area contributed by atoms with Crippen molar-refractivity contribution in [2.24, 2.45) is 0 Å². The Hall–Kier alpha value is -0.750. The van der Waals surface area contributed by atoms with Gasteiger partial charge in [-0.2, -0.15) is 13.2 Å². The van der Waals surface area contributed by atoms with Gasteiger partial charge in [-0.1, -0.05) is 15.9 Å². The summed E-state index contributed by atoms with van der Waals surface area (Å²) in [6.45, 7) is 5.10. The van der Waals surface area contributed by atoms with Crippen LogP contribution in [-0.2, 0) is 6.18 Å². The van der Waals surface area contributed by atoms with Crippen LogP contribution in [0.3, 0.4) is 0 Å². The molecule has 1 atom stereocenters. The van der Waals surface area contributed by atoms with E-state index in [4.69, 9.17) is 11.6 Å². The Bertz CT molecular complexity index is 515. The van der Waals surface area contributed by atoms with Crippen LogP contribution >= 0.6 is 27.5 Å². The Kier molecular flexibility index (Phi) is 5.13. The van der Waals surface area contributed by atoms with Crippen molar-refractivity contribution in [3.05, 3.63) is 33.8 Å². The molecule has 112 valence electrons. The summed E-state index contributed by atoms with van der Waals surface area (Å²) in [5.74, 6) is -0.597. The molecule has 1 amide bonds. The summed E-state index contributed by atoms with van der Waals surface area (Å²) in [6, 6.07) is 3.34. The summed E-state index contributed by atoms with van der Waals surface area (Å²) in [4.78, 5) is 12.0. The first-order chi connectivity index (χ1) is 8.95. The maximum absolute atomic E-state index is 12.8. The molecule has 1 aromatic carbocycles. The SMILES string of the molecule is CC(Cl)C(C)(C)NC(=O)c1ccc(Br)c(C(F)(F)F)c1. The Morgan fingerprint density at radius 1 is 1.35 bits per heavy atom. The number of benzene rings is 1. The molecule has 20 heavy (non-hydrogen) atoms. The largest absolute Gasteiger partial charge is 0.417 e. The number of rotatable bonds is 3. The highest BCUT2D eigenvalue weighted by molar-refractivity contribution is 9.10. The van der Waals surface area contributed by atoms with Gasteiger partial charge in [0.15, 0.2) is 0 Å². The van der Waals surface area contributed by atoms with Gasteiger partial charge < -0.3 is 5.32 Å². The highest BCUT2D eigenvalue weighted by Crippen LogP contribution is 2.35. The zero-order valence-corrected chi connectivity index (χ0v) is 13.4. The predicted molar refractivity (Wildman–Crippen MR) is 76.0 cm³/mol. The van der Waals surface area contributed by atoms with Gasteiger partial charge in [0.05, 0.1) is 16.5 Å². The van der Waals surface area contributed by atoms with Crippen molar-refractivity contribution in [3.8, 4) is 0 Å². The summed E-state index contributed by atoms with van der Waals surface area (Å²) in [7, 11) is 0. The van der Waals surface area contributed by atoms with E-state index in [-0.39, 0.29) is 15.4 Å². The van der Waals surface area contributed by atoms with Crippen LogP contribution in [0.5, 0.6) is 0 Å². The molecule has 0 spiro atoms. The van der Waals surface area contributed by atoms with Crippen LogP contribution in [0.1, 0.15) is 36.7 Å². The summed E-state index contributed by atoms with van der Waals surface area (Å²) < 4.78 is 38.2. The van der Waals surface area contributed by atoms with Crippen LogP contribution in [0.2, 0.25) is 0 Å². The second kappa shape index (κ2) is 5.93. The van der Waals surface area contributed by atoms with Crippen LogP contribution in [0.25, 0.3) is 0 Å². The van der Waals surface area contributed by atoms with Gasteiger partial charge >= 0.3 is 6.18 Å². The third kappa shape index (κ3) is 4.12. The van der Waals surface area contributed by atoms with Crippen LogP contribution in [0.4, 0.5) is 13.2 Å². The number of carbonyl (C=O) groups excluding carboxylic acids is 1. The summed E-state index contributed by atoms with van der Waals surface area (Å²) in [5.41, 5.74) is -1.68. The van der Waals surface area contributed by atoms with Gasteiger partial charge in [-0.25, -0.2) is 0 Å². The monoisotopic (exact) mass is 371 g/mol. The number of hydrogen-bond donors (Lipinski definition) is 1. The molecule has 0 aliphatic carbocycles. The standard InChI is InChI=1S/C13H14BrClF3NO/c1-7(15)12(2,3)19-11(20)8-4-5-10(14)9(6-8)13(16,17)18/h4-7H,1-3H3,(H,19,20). The van der Waals surface area contributed by atoms with Crippen LogP contribution in [-0.4, -0.2) is 16.8 Å². The molecule has 1 aromatic rings. The van der Waals surface area contributed by atoms with Crippen LogP contribution in [0, 0.1) is 0 Å². The highest BCUT2D eigenvalue weighted by atomic mass is 79.9. The van der Waals surface area contributed by atoms with Crippen molar-refractivity contribution in [3.63, 3.8) is 0 Å². The van der Waals surface area contributed by atoms with Crippen molar-refractivity contribution in [1.29, 1.82) is 0 Å². The number of carbonyl (C=O) groups is 1. The summed E-state index contributed by atoms with van der Waals surface area (Å²) in [6.07, 6.45) is -4.52. The van der Waals surface area contributed by atoms with Gasteiger partial charge in [-0.05, 0) is 39.0 Å². The molecule has 0 radical (unpaired) electrons. The maximum Gasteiger partial charge on any atom is 0.417 e. The Morgan fingerprint density at radius 3 is 2.35 bits per heavy atom. The molecular formula is C13H14BrClF3NO. The number of amides is 1. The van der Waals surface area contributed by atoms with E-state index in [2.05, 4.69) is 21.2 Å².